The summed E-state index contributed by atoms with van der Waals surface area (Å²) in [6.45, 7) is 0.894. The van der Waals surface area contributed by atoms with Crippen LogP contribution < -0.4 is 5.73 Å². The molecule has 0 aliphatic carbocycles. The Morgan fingerprint density at radius 1 is 1.42 bits per heavy atom. The molecule has 0 bridgehead atoms. The van der Waals surface area contributed by atoms with E-state index >= 15 is 0 Å². The van der Waals surface area contributed by atoms with Crippen LogP contribution in [0.15, 0.2) is 29.2 Å². The number of methoxy groups -OCH3 is 1. The Morgan fingerprint density at radius 3 is 2.79 bits per heavy atom. The quantitative estimate of drug-likeness (QED) is 0.787. The van der Waals surface area contributed by atoms with Crippen molar-refractivity contribution in [2.75, 3.05) is 33.9 Å². The van der Waals surface area contributed by atoms with Crippen molar-refractivity contribution >= 4 is 10.0 Å². The molecular formula is C13H18N2O3S. The summed E-state index contributed by atoms with van der Waals surface area (Å²) in [4.78, 5) is 0.218. The molecule has 5 nitrogen and oxygen atoms in total. The predicted molar refractivity (Wildman–Crippen MR) is 74.1 cm³/mol. The lowest BCUT2D eigenvalue weighted by Gasteiger charge is -2.16. The molecule has 0 saturated carbocycles. The van der Waals surface area contributed by atoms with Crippen LogP contribution in [-0.4, -0.2) is 46.6 Å². The van der Waals surface area contributed by atoms with Gasteiger partial charge in [0.05, 0.1) is 18.0 Å². The number of likely N-dealkylation sites (N-methyl/N-ethyl adjacent to an activating group) is 1. The molecule has 0 fully saturated rings. The van der Waals surface area contributed by atoms with Gasteiger partial charge >= 0.3 is 0 Å². The minimum Gasteiger partial charge on any atom is -0.383 e. The fourth-order valence-corrected chi connectivity index (χ4v) is 2.61. The van der Waals surface area contributed by atoms with Gasteiger partial charge in [-0.1, -0.05) is 17.9 Å². The van der Waals surface area contributed by atoms with E-state index in [4.69, 9.17) is 10.5 Å². The summed E-state index contributed by atoms with van der Waals surface area (Å²) >= 11 is 0. The van der Waals surface area contributed by atoms with E-state index < -0.39 is 10.0 Å². The van der Waals surface area contributed by atoms with Gasteiger partial charge in [0.15, 0.2) is 0 Å². The van der Waals surface area contributed by atoms with Crippen LogP contribution in [0.2, 0.25) is 0 Å². The van der Waals surface area contributed by atoms with E-state index in [1.165, 1.54) is 18.5 Å². The minimum absolute atomic E-state index is 0.218. The lowest BCUT2D eigenvalue weighted by Crippen LogP contribution is -2.30. The zero-order valence-corrected chi connectivity index (χ0v) is 11.9. The molecule has 0 aliphatic rings. The third-order valence-corrected chi connectivity index (χ3v) is 4.34. The summed E-state index contributed by atoms with van der Waals surface area (Å²) in [7, 11) is -0.453. The van der Waals surface area contributed by atoms with E-state index in [1.807, 2.05) is 0 Å². The summed E-state index contributed by atoms with van der Waals surface area (Å²) in [5.74, 6) is 5.51. The Morgan fingerprint density at radius 2 is 2.16 bits per heavy atom. The smallest absolute Gasteiger partial charge is 0.242 e. The highest BCUT2D eigenvalue weighted by molar-refractivity contribution is 7.89. The van der Waals surface area contributed by atoms with Gasteiger partial charge in [0, 0.05) is 26.3 Å². The second-order valence-corrected chi connectivity index (χ2v) is 5.90. The van der Waals surface area contributed by atoms with Gasteiger partial charge in [0.1, 0.15) is 0 Å². The summed E-state index contributed by atoms with van der Waals surface area (Å²) in [6, 6.07) is 6.50. The molecule has 0 aliphatic heterocycles. The van der Waals surface area contributed by atoms with Crippen molar-refractivity contribution in [2.45, 2.75) is 4.90 Å². The Kier molecular flexibility index (Phi) is 5.99. The number of sulfonamides is 1. The molecule has 19 heavy (non-hydrogen) atoms. The Labute approximate surface area is 114 Å². The van der Waals surface area contributed by atoms with Gasteiger partial charge < -0.3 is 10.5 Å². The number of hydrogen-bond donors (Lipinski definition) is 1. The topological polar surface area (TPSA) is 72.6 Å². The highest BCUT2D eigenvalue weighted by atomic mass is 32.2. The van der Waals surface area contributed by atoms with Crippen molar-refractivity contribution in [1.29, 1.82) is 0 Å². The van der Waals surface area contributed by atoms with E-state index in [0.29, 0.717) is 18.7 Å². The summed E-state index contributed by atoms with van der Waals surface area (Å²) in [5.41, 5.74) is 5.92. The predicted octanol–water partition coefficient (Wildman–Crippen LogP) is 0.264. The van der Waals surface area contributed by atoms with Crippen LogP contribution in [-0.2, 0) is 14.8 Å². The fourth-order valence-electron chi connectivity index (χ4n) is 1.41. The van der Waals surface area contributed by atoms with Crippen LogP contribution in [0.1, 0.15) is 5.56 Å². The van der Waals surface area contributed by atoms with Crippen LogP contribution in [0.4, 0.5) is 0 Å². The van der Waals surface area contributed by atoms with Crippen molar-refractivity contribution in [3.8, 4) is 11.8 Å². The molecule has 0 saturated heterocycles. The largest absolute Gasteiger partial charge is 0.383 e. The van der Waals surface area contributed by atoms with Crippen LogP contribution in [0.5, 0.6) is 0 Å². The Bertz CT molecular complexity index is 573. The van der Waals surface area contributed by atoms with Crippen LogP contribution in [0.25, 0.3) is 0 Å². The van der Waals surface area contributed by atoms with Crippen molar-refractivity contribution < 1.29 is 13.2 Å². The third-order valence-electron chi connectivity index (χ3n) is 2.49. The first-order valence-electron chi connectivity index (χ1n) is 5.76. The van der Waals surface area contributed by atoms with E-state index in [-0.39, 0.29) is 11.4 Å². The Balaban J connectivity index is 3.01. The van der Waals surface area contributed by atoms with Gasteiger partial charge in [-0.05, 0) is 18.2 Å². The molecule has 0 aromatic heterocycles. The van der Waals surface area contributed by atoms with Crippen molar-refractivity contribution in [3.63, 3.8) is 0 Å². The van der Waals surface area contributed by atoms with Gasteiger partial charge in [-0.2, -0.15) is 4.31 Å². The van der Waals surface area contributed by atoms with Gasteiger partial charge in [0.25, 0.3) is 0 Å². The average Bonchev–Trinajstić information content (AvgIpc) is 2.42. The maximum atomic E-state index is 12.3. The molecule has 0 heterocycles. The molecular weight excluding hydrogens is 264 g/mol. The Hall–Kier alpha value is -1.39. The van der Waals surface area contributed by atoms with Crippen LogP contribution in [0.3, 0.4) is 0 Å². The summed E-state index contributed by atoms with van der Waals surface area (Å²) < 4.78 is 30.7. The molecule has 0 spiro atoms. The number of nitrogens with zero attached hydrogens (tertiary/aromatic N) is 1. The molecule has 0 atom stereocenters. The maximum Gasteiger partial charge on any atom is 0.242 e. The summed E-state index contributed by atoms with van der Waals surface area (Å²) in [6.07, 6.45) is 0. The van der Waals surface area contributed by atoms with Gasteiger partial charge in [0.2, 0.25) is 10.0 Å². The fraction of sp³-hybridized carbons (Fsp3) is 0.385. The highest BCUT2D eigenvalue weighted by Gasteiger charge is 2.20. The van der Waals surface area contributed by atoms with E-state index in [0.717, 1.165) is 0 Å². The normalized spacial score (nSPS) is 11.2. The van der Waals surface area contributed by atoms with E-state index in [1.54, 1.807) is 24.3 Å². The highest BCUT2D eigenvalue weighted by Crippen LogP contribution is 2.15. The molecule has 0 radical (unpaired) electrons. The molecule has 6 heteroatoms. The molecule has 2 N–H and O–H groups in total. The van der Waals surface area contributed by atoms with Crippen molar-refractivity contribution in [3.05, 3.63) is 29.8 Å². The summed E-state index contributed by atoms with van der Waals surface area (Å²) in [5, 5.41) is 0. The van der Waals surface area contributed by atoms with Crippen molar-refractivity contribution in [2.24, 2.45) is 5.73 Å². The van der Waals surface area contributed by atoms with Gasteiger partial charge in [-0.3, -0.25) is 0 Å². The number of nitrogens with two attached hydrogens (primary N) is 1. The number of rotatable bonds is 5. The first-order valence-corrected chi connectivity index (χ1v) is 7.20. The SMILES string of the molecule is COCCN(C)S(=O)(=O)c1cccc(C#CCN)c1. The molecule has 0 amide bonds. The van der Waals surface area contributed by atoms with Crippen molar-refractivity contribution in [1.82, 2.24) is 4.31 Å². The standard InChI is InChI=1S/C13H18N2O3S/c1-15(9-10-18-2)19(16,17)13-7-3-5-12(11-13)6-4-8-14/h3,5,7,11H,8-10,14H2,1-2H3. The van der Waals surface area contributed by atoms with Crippen LogP contribution >= 0.6 is 0 Å². The van der Waals surface area contributed by atoms with Gasteiger partial charge in [-0.15, -0.1) is 0 Å². The number of ether oxygens (including phenoxy) is 1. The molecule has 1 rings (SSSR count). The zero-order chi connectivity index (χ0) is 14.3. The minimum atomic E-state index is -3.50. The monoisotopic (exact) mass is 282 g/mol. The molecule has 1 aromatic rings. The van der Waals surface area contributed by atoms with E-state index in [9.17, 15) is 8.42 Å². The third kappa shape index (κ3) is 4.33. The lowest BCUT2D eigenvalue weighted by atomic mass is 10.2. The number of benzene rings is 1. The van der Waals surface area contributed by atoms with Crippen LogP contribution in [0, 0.1) is 11.8 Å². The first-order chi connectivity index (χ1) is 9.02. The maximum absolute atomic E-state index is 12.3. The molecule has 104 valence electrons. The lowest BCUT2D eigenvalue weighted by molar-refractivity contribution is 0.185. The van der Waals surface area contributed by atoms with Gasteiger partial charge in [-0.25, -0.2) is 8.42 Å². The zero-order valence-electron chi connectivity index (χ0n) is 11.1. The second-order valence-electron chi connectivity index (χ2n) is 3.85. The second kappa shape index (κ2) is 7.26. The first kappa shape index (κ1) is 15.7. The number of hydrogen-bond acceptors (Lipinski definition) is 4. The molecule has 0 unspecified atom stereocenters. The molecule has 1 aromatic carbocycles. The van der Waals surface area contributed by atoms with E-state index in [2.05, 4.69) is 11.8 Å². The average molecular weight is 282 g/mol.